The molecule has 0 bridgehead atoms. The van der Waals surface area contributed by atoms with E-state index in [0.29, 0.717) is 17.1 Å². The molecule has 0 fully saturated rings. The summed E-state index contributed by atoms with van der Waals surface area (Å²) in [6, 6.07) is 10.1. The van der Waals surface area contributed by atoms with Gasteiger partial charge in [-0.1, -0.05) is 30.3 Å². The molecule has 21 heavy (non-hydrogen) atoms. The van der Waals surface area contributed by atoms with Crippen molar-refractivity contribution in [1.29, 1.82) is 0 Å². The molecule has 0 aliphatic rings. The fourth-order valence-electron chi connectivity index (χ4n) is 2.22. The summed E-state index contributed by atoms with van der Waals surface area (Å²) in [5.41, 5.74) is 2.66. The summed E-state index contributed by atoms with van der Waals surface area (Å²) in [6.45, 7) is 5.50. The van der Waals surface area contributed by atoms with Gasteiger partial charge in [-0.05, 0) is 38.3 Å². The predicted molar refractivity (Wildman–Crippen MR) is 81.7 cm³/mol. The average molecular weight is 285 g/mol. The number of nitrogens with one attached hydrogen (secondary N) is 1. The molecule has 1 atom stereocenters. The van der Waals surface area contributed by atoms with Gasteiger partial charge in [0.15, 0.2) is 5.82 Å². The van der Waals surface area contributed by atoms with Gasteiger partial charge in [0.05, 0.1) is 5.69 Å². The zero-order valence-corrected chi connectivity index (χ0v) is 12.4. The maximum Gasteiger partial charge on any atom is 0.339 e. The Bertz CT molecular complexity index is 641. The second-order valence-corrected chi connectivity index (χ2v) is 5.17. The third kappa shape index (κ3) is 3.56. The molecule has 0 saturated heterocycles. The molecule has 1 heterocycles. The highest BCUT2D eigenvalue weighted by Gasteiger charge is 2.18. The lowest BCUT2D eigenvalue weighted by Crippen LogP contribution is -2.22. The molecule has 0 aliphatic carbocycles. The van der Waals surface area contributed by atoms with Crippen molar-refractivity contribution in [2.45, 2.75) is 33.2 Å². The van der Waals surface area contributed by atoms with Crippen LogP contribution >= 0.6 is 0 Å². The monoisotopic (exact) mass is 285 g/mol. The van der Waals surface area contributed by atoms with Crippen LogP contribution in [0.3, 0.4) is 0 Å². The number of aromatic carboxylic acids is 1. The number of rotatable bonds is 5. The summed E-state index contributed by atoms with van der Waals surface area (Å²) >= 11 is 0. The van der Waals surface area contributed by atoms with Crippen LogP contribution in [0.4, 0.5) is 5.82 Å². The maximum atomic E-state index is 11.4. The summed E-state index contributed by atoms with van der Waals surface area (Å²) in [5, 5.41) is 20.5. The fourth-order valence-corrected chi connectivity index (χ4v) is 2.22. The molecule has 2 N–H and O–H groups in total. The Hall–Kier alpha value is -2.43. The van der Waals surface area contributed by atoms with E-state index in [1.54, 1.807) is 13.8 Å². The summed E-state index contributed by atoms with van der Waals surface area (Å²) in [4.78, 5) is 11.4. The Kier molecular flexibility index (Phi) is 4.52. The van der Waals surface area contributed by atoms with E-state index in [9.17, 15) is 9.90 Å². The van der Waals surface area contributed by atoms with Crippen molar-refractivity contribution in [3.63, 3.8) is 0 Å². The van der Waals surface area contributed by atoms with E-state index < -0.39 is 5.97 Å². The highest BCUT2D eigenvalue weighted by Crippen LogP contribution is 2.19. The Labute approximate surface area is 124 Å². The number of nitrogens with zero attached hydrogens (tertiary/aromatic N) is 2. The second kappa shape index (κ2) is 6.35. The van der Waals surface area contributed by atoms with Gasteiger partial charge >= 0.3 is 5.97 Å². The van der Waals surface area contributed by atoms with E-state index in [1.165, 1.54) is 5.56 Å². The first-order chi connectivity index (χ1) is 9.99. The van der Waals surface area contributed by atoms with Crippen molar-refractivity contribution in [2.75, 3.05) is 5.32 Å². The molecule has 1 aromatic heterocycles. The van der Waals surface area contributed by atoms with Crippen LogP contribution in [0.5, 0.6) is 0 Å². The van der Waals surface area contributed by atoms with Gasteiger partial charge in [0.25, 0.3) is 0 Å². The van der Waals surface area contributed by atoms with Gasteiger partial charge < -0.3 is 10.4 Å². The van der Waals surface area contributed by atoms with Gasteiger partial charge in [-0.25, -0.2) is 4.79 Å². The molecule has 2 rings (SSSR count). The minimum Gasteiger partial charge on any atom is -0.478 e. The van der Waals surface area contributed by atoms with Crippen molar-refractivity contribution in [3.8, 4) is 0 Å². The zero-order chi connectivity index (χ0) is 15.4. The highest BCUT2D eigenvalue weighted by atomic mass is 16.4. The van der Waals surface area contributed by atoms with Gasteiger partial charge in [-0.15, -0.1) is 5.10 Å². The number of anilines is 1. The number of hydrogen-bond acceptors (Lipinski definition) is 4. The van der Waals surface area contributed by atoms with E-state index in [4.69, 9.17) is 0 Å². The number of hydrogen-bond donors (Lipinski definition) is 2. The van der Waals surface area contributed by atoms with Crippen molar-refractivity contribution in [3.05, 3.63) is 52.7 Å². The molecule has 5 nitrogen and oxygen atoms in total. The first-order valence-electron chi connectivity index (χ1n) is 6.86. The maximum absolute atomic E-state index is 11.4. The number of benzene rings is 1. The van der Waals surface area contributed by atoms with Crippen LogP contribution in [0.15, 0.2) is 30.3 Å². The van der Waals surface area contributed by atoms with E-state index >= 15 is 0 Å². The van der Waals surface area contributed by atoms with E-state index in [-0.39, 0.29) is 11.6 Å². The molecule has 2 aromatic rings. The van der Waals surface area contributed by atoms with Crippen LogP contribution in [-0.2, 0) is 6.42 Å². The van der Waals surface area contributed by atoms with Crippen molar-refractivity contribution in [2.24, 2.45) is 0 Å². The van der Waals surface area contributed by atoms with Crippen LogP contribution in [0.2, 0.25) is 0 Å². The Morgan fingerprint density at radius 3 is 2.52 bits per heavy atom. The van der Waals surface area contributed by atoms with Gasteiger partial charge in [-0.3, -0.25) is 0 Å². The second-order valence-electron chi connectivity index (χ2n) is 5.17. The lowest BCUT2D eigenvalue weighted by molar-refractivity contribution is 0.0696. The zero-order valence-electron chi connectivity index (χ0n) is 12.4. The summed E-state index contributed by atoms with van der Waals surface area (Å²) in [7, 11) is 0. The first kappa shape index (κ1) is 15.0. The third-order valence-electron chi connectivity index (χ3n) is 3.44. The summed E-state index contributed by atoms with van der Waals surface area (Å²) in [6.07, 6.45) is 0.786. The van der Waals surface area contributed by atoms with Crippen LogP contribution in [-0.4, -0.2) is 27.3 Å². The molecule has 110 valence electrons. The molecular weight excluding hydrogens is 266 g/mol. The molecule has 0 saturated carbocycles. The molecule has 0 spiro atoms. The van der Waals surface area contributed by atoms with Gasteiger partial charge in [-0.2, -0.15) is 5.10 Å². The Balaban J connectivity index is 2.19. The lowest BCUT2D eigenvalue weighted by Gasteiger charge is -2.17. The van der Waals surface area contributed by atoms with Crippen molar-refractivity contribution < 1.29 is 9.90 Å². The first-order valence-corrected chi connectivity index (χ1v) is 6.86. The summed E-state index contributed by atoms with van der Waals surface area (Å²) < 4.78 is 0. The van der Waals surface area contributed by atoms with Crippen molar-refractivity contribution in [1.82, 2.24) is 10.2 Å². The number of aromatic nitrogens is 2. The average Bonchev–Trinajstić information content (AvgIpc) is 2.43. The van der Waals surface area contributed by atoms with Crippen molar-refractivity contribution >= 4 is 11.8 Å². The minimum absolute atomic E-state index is 0.0573. The largest absolute Gasteiger partial charge is 0.478 e. The topological polar surface area (TPSA) is 75.1 Å². The predicted octanol–water partition coefficient (Wildman–Crippen LogP) is 2.83. The van der Waals surface area contributed by atoms with Crippen LogP contribution in [0.25, 0.3) is 0 Å². The standard InChI is InChI=1S/C16H19N3O2/c1-10(9-13-7-5-4-6-8-13)17-15-14(16(20)21)11(2)12(3)18-19-15/h4-8,10H,9H2,1-3H3,(H,17,19)(H,20,21). The van der Waals surface area contributed by atoms with Crippen LogP contribution in [0, 0.1) is 13.8 Å². The van der Waals surface area contributed by atoms with Crippen LogP contribution in [0.1, 0.15) is 34.1 Å². The van der Waals surface area contributed by atoms with E-state index in [1.807, 2.05) is 37.3 Å². The van der Waals surface area contributed by atoms with E-state index in [0.717, 1.165) is 6.42 Å². The van der Waals surface area contributed by atoms with Gasteiger partial charge in [0.2, 0.25) is 0 Å². The SMILES string of the molecule is Cc1nnc(NC(C)Cc2ccccc2)c(C(=O)O)c1C. The fraction of sp³-hybridized carbons (Fsp3) is 0.312. The van der Waals surface area contributed by atoms with Gasteiger partial charge in [0, 0.05) is 6.04 Å². The molecule has 0 radical (unpaired) electrons. The number of carboxylic acids is 1. The highest BCUT2D eigenvalue weighted by molar-refractivity contribution is 5.94. The third-order valence-corrected chi connectivity index (χ3v) is 3.44. The molecule has 1 unspecified atom stereocenters. The molecule has 1 aromatic carbocycles. The number of aryl methyl sites for hydroxylation is 1. The molecule has 0 aliphatic heterocycles. The molecule has 0 amide bonds. The normalized spacial score (nSPS) is 12.0. The number of carboxylic acid groups (broad SMARTS) is 1. The van der Waals surface area contributed by atoms with Gasteiger partial charge in [0.1, 0.15) is 5.56 Å². The molecular formula is C16H19N3O2. The smallest absolute Gasteiger partial charge is 0.339 e. The molecule has 5 heteroatoms. The summed E-state index contributed by atoms with van der Waals surface area (Å²) in [5.74, 6) is -0.658. The Morgan fingerprint density at radius 1 is 1.24 bits per heavy atom. The minimum atomic E-state index is -0.986. The quantitative estimate of drug-likeness (QED) is 0.883. The number of carbonyl (C=O) groups is 1. The van der Waals surface area contributed by atoms with Crippen LogP contribution < -0.4 is 5.32 Å². The lowest BCUT2D eigenvalue weighted by atomic mass is 10.1. The Morgan fingerprint density at radius 2 is 1.90 bits per heavy atom. The van der Waals surface area contributed by atoms with E-state index in [2.05, 4.69) is 15.5 Å².